The standard InChI is InChI=1S/C21H29N5O3/c1-2-24-11-13-25(14-12-24)17-7-5-16(6-8-17)22-18(27)15-26-19(28)21(23-20(26)29)9-3-4-10-21/h5-8H,2-4,9-15H2,1H3,(H,22,27)(H,23,29)/p+1. The molecule has 2 saturated heterocycles. The van der Waals surface area contributed by atoms with Crippen molar-refractivity contribution in [3.05, 3.63) is 24.3 Å². The van der Waals surface area contributed by atoms with Gasteiger partial charge in [0.15, 0.2) is 0 Å². The number of carbonyl (C=O) groups is 3. The number of piperazine rings is 1. The van der Waals surface area contributed by atoms with Gasteiger partial charge >= 0.3 is 6.03 Å². The molecule has 0 aromatic heterocycles. The highest BCUT2D eigenvalue weighted by atomic mass is 16.2. The van der Waals surface area contributed by atoms with Gasteiger partial charge in [-0.25, -0.2) is 4.79 Å². The van der Waals surface area contributed by atoms with Gasteiger partial charge in [-0.3, -0.25) is 14.5 Å². The van der Waals surface area contributed by atoms with E-state index in [4.69, 9.17) is 0 Å². The Morgan fingerprint density at radius 3 is 2.41 bits per heavy atom. The molecule has 1 aliphatic carbocycles. The average Bonchev–Trinajstić information content (AvgIpc) is 3.29. The lowest BCUT2D eigenvalue weighted by atomic mass is 9.98. The minimum atomic E-state index is -0.775. The number of rotatable bonds is 5. The van der Waals surface area contributed by atoms with Crippen LogP contribution in [0.25, 0.3) is 0 Å². The van der Waals surface area contributed by atoms with Gasteiger partial charge < -0.3 is 20.4 Å². The molecule has 0 unspecified atom stereocenters. The molecule has 2 aliphatic heterocycles. The molecule has 3 N–H and O–H groups in total. The molecule has 0 atom stereocenters. The van der Waals surface area contributed by atoms with Crippen LogP contribution in [0.3, 0.4) is 0 Å². The monoisotopic (exact) mass is 400 g/mol. The van der Waals surface area contributed by atoms with E-state index in [0.29, 0.717) is 18.5 Å². The van der Waals surface area contributed by atoms with Crippen LogP contribution in [0.4, 0.5) is 16.2 Å². The molecule has 3 aliphatic rings. The minimum absolute atomic E-state index is 0.254. The summed E-state index contributed by atoms with van der Waals surface area (Å²) in [5.74, 6) is -0.629. The molecule has 1 saturated carbocycles. The second kappa shape index (κ2) is 8.02. The summed E-state index contributed by atoms with van der Waals surface area (Å²) in [4.78, 5) is 42.3. The lowest BCUT2D eigenvalue weighted by Gasteiger charge is -2.33. The Morgan fingerprint density at radius 2 is 1.79 bits per heavy atom. The number of hydrogen-bond acceptors (Lipinski definition) is 4. The number of anilines is 2. The first-order valence-corrected chi connectivity index (χ1v) is 10.6. The Morgan fingerprint density at radius 1 is 1.14 bits per heavy atom. The van der Waals surface area contributed by atoms with Gasteiger partial charge in [0.25, 0.3) is 5.91 Å². The van der Waals surface area contributed by atoms with Gasteiger partial charge in [-0.1, -0.05) is 12.8 Å². The van der Waals surface area contributed by atoms with Crippen molar-refractivity contribution in [2.45, 2.75) is 38.1 Å². The topological polar surface area (TPSA) is 86.2 Å². The number of amides is 4. The molecule has 3 fully saturated rings. The van der Waals surface area contributed by atoms with Crippen LogP contribution < -0.4 is 20.4 Å². The predicted molar refractivity (Wildman–Crippen MR) is 110 cm³/mol. The third-order valence-corrected chi connectivity index (χ3v) is 6.49. The number of urea groups is 1. The number of hydrogen-bond donors (Lipinski definition) is 3. The van der Waals surface area contributed by atoms with Crippen LogP contribution in [0.2, 0.25) is 0 Å². The third kappa shape index (κ3) is 3.94. The molecule has 4 amide bonds. The van der Waals surface area contributed by atoms with Gasteiger partial charge in [-0.05, 0) is 44.0 Å². The van der Waals surface area contributed by atoms with Crippen molar-refractivity contribution in [3.8, 4) is 0 Å². The zero-order chi connectivity index (χ0) is 20.4. The van der Waals surface area contributed by atoms with Gasteiger partial charge in [0.2, 0.25) is 5.91 Å². The number of imide groups is 1. The second-order valence-corrected chi connectivity index (χ2v) is 8.30. The smallest absolute Gasteiger partial charge is 0.325 e. The highest BCUT2D eigenvalue weighted by molar-refractivity contribution is 6.10. The lowest BCUT2D eigenvalue weighted by molar-refractivity contribution is -0.898. The van der Waals surface area contributed by atoms with Gasteiger partial charge in [0, 0.05) is 11.4 Å². The number of likely N-dealkylation sites (N-methyl/N-ethyl adjacent to an activating group) is 1. The summed E-state index contributed by atoms with van der Waals surface area (Å²) >= 11 is 0. The molecule has 8 heteroatoms. The lowest BCUT2D eigenvalue weighted by Crippen LogP contribution is -3.14. The molecule has 156 valence electrons. The largest absolute Gasteiger partial charge is 0.360 e. The van der Waals surface area contributed by atoms with Crippen LogP contribution in [0.15, 0.2) is 24.3 Å². The Kier molecular flexibility index (Phi) is 5.45. The fourth-order valence-electron chi connectivity index (χ4n) is 4.67. The Labute approximate surface area is 171 Å². The quantitative estimate of drug-likeness (QED) is 0.617. The summed E-state index contributed by atoms with van der Waals surface area (Å²) < 4.78 is 0. The van der Waals surface area contributed by atoms with Gasteiger partial charge in [0.1, 0.15) is 12.1 Å². The van der Waals surface area contributed by atoms with E-state index < -0.39 is 11.6 Å². The van der Waals surface area contributed by atoms with Gasteiger partial charge in [0.05, 0.1) is 32.7 Å². The molecule has 2 heterocycles. The van der Waals surface area contributed by atoms with Crippen molar-refractivity contribution in [2.24, 2.45) is 0 Å². The van der Waals surface area contributed by atoms with Gasteiger partial charge in [-0.15, -0.1) is 0 Å². The van der Waals surface area contributed by atoms with Crippen LogP contribution in [0.1, 0.15) is 32.6 Å². The maximum absolute atomic E-state index is 12.6. The molecule has 1 aromatic carbocycles. The van der Waals surface area contributed by atoms with Crippen LogP contribution in [0.5, 0.6) is 0 Å². The molecular formula is C21H30N5O3+. The van der Waals surface area contributed by atoms with Crippen LogP contribution >= 0.6 is 0 Å². The Balaban J connectivity index is 1.32. The minimum Gasteiger partial charge on any atom is -0.360 e. The summed E-state index contributed by atoms with van der Waals surface area (Å²) in [6, 6.07) is 7.30. The molecule has 4 rings (SSSR count). The molecule has 0 bridgehead atoms. The van der Waals surface area contributed by atoms with Crippen LogP contribution in [-0.2, 0) is 9.59 Å². The van der Waals surface area contributed by atoms with Crippen molar-refractivity contribution in [1.82, 2.24) is 10.2 Å². The van der Waals surface area contributed by atoms with Crippen LogP contribution in [-0.4, -0.2) is 67.6 Å². The zero-order valence-electron chi connectivity index (χ0n) is 17.0. The Hall–Kier alpha value is -2.61. The summed E-state index contributed by atoms with van der Waals surface area (Å²) in [5.41, 5.74) is 1.04. The first-order chi connectivity index (χ1) is 14.0. The molecule has 0 radical (unpaired) electrons. The number of benzene rings is 1. The fourth-order valence-corrected chi connectivity index (χ4v) is 4.67. The molecule has 1 spiro atoms. The third-order valence-electron chi connectivity index (χ3n) is 6.49. The fraction of sp³-hybridized carbons (Fsp3) is 0.571. The highest BCUT2D eigenvalue weighted by Gasteiger charge is 2.52. The van der Waals surface area contributed by atoms with E-state index in [2.05, 4.69) is 22.5 Å². The summed E-state index contributed by atoms with van der Waals surface area (Å²) in [5, 5.41) is 5.60. The molecule has 8 nitrogen and oxygen atoms in total. The average molecular weight is 401 g/mol. The number of quaternary nitrogens is 1. The summed E-state index contributed by atoms with van der Waals surface area (Å²) in [6.45, 7) is 7.47. The predicted octanol–water partition coefficient (Wildman–Crippen LogP) is 0.215. The maximum Gasteiger partial charge on any atom is 0.325 e. The zero-order valence-corrected chi connectivity index (χ0v) is 17.0. The number of nitrogens with one attached hydrogen (secondary N) is 3. The van der Waals surface area contributed by atoms with Crippen molar-refractivity contribution in [3.63, 3.8) is 0 Å². The van der Waals surface area contributed by atoms with Crippen molar-refractivity contribution in [1.29, 1.82) is 0 Å². The molecule has 29 heavy (non-hydrogen) atoms. The first kappa shape index (κ1) is 19.7. The van der Waals surface area contributed by atoms with Crippen molar-refractivity contribution >= 4 is 29.2 Å². The summed E-state index contributed by atoms with van der Waals surface area (Å²) in [6.07, 6.45) is 3.16. The molecule has 1 aromatic rings. The van der Waals surface area contributed by atoms with E-state index in [0.717, 1.165) is 56.2 Å². The highest BCUT2D eigenvalue weighted by Crippen LogP contribution is 2.34. The SMILES string of the molecule is CC[NH+]1CCN(c2ccc(NC(=O)CN3C(=O)NC4(CCCC4)C3=O)cc2)CC1. The normalized spacial score (nSPS) is 21.7. The van der Waals surface area contributed by atoms with E-state index in [1.807, 2.05) is 24.3 Å². The summed E-state index contributed by atoms with van der Waals surface area (Å²) in [7, 11) is 0. The van der Waals surface area contributed by atoms with E-state index in [-0.39, 0.29) is 18.4 Å². The molecular weight excluding hydrogens is 370 g/mol. The van der Waals surface area contributed by atoms with Crippen molar-refractivity contribution in [2.75, 3.05) is 49.5 Å². The van der Waals surface area contributed by atoms with Crippen molar-refractivity contribution < 1.29 is 19.3 Å². The number of nitrogens with zero attached hydrogens (tertiary/aromatic N) is 2. The Bertz CT molecular complexity index is 780. The first-order valence-electron chi connectivity index (χ1n) is 10.6. The second-order valence-electron chi connectivity index (χ2n) is 8.30. The van der Waals surface area contributed by atoms with Gasteiger partial charge in [-0.2, -0.15) is 0 Å². The van der Waals surface area contributed by atoms with E-state index in [1.54, 1.807) is 4.90 Å². The maximum atomic E-state index is 12.6. The van der Waals surface area contributed by atoms with Crippen LogP contribution in [0, 0.1) is 0 Å². The number of carbonyl (C=O) groups excluding carboxylic acids is 3. The van der Waals surface area contributed by atoms with E-state index in [9.17, 15) is 14.4 Å². The van der Waals surface area contributed by atoms with E-state index >= 15 is 0 Å². The van der Waals surface area contributed by atoms with E-state index in [1.165, 1.54) is 0 Å².